The highest BCUT2D eigenvalue weighted by molar-refractivity contribution is 5.49. The highest BCUT2D eigenvalue weighted by atomic mass is 19.3. The lowest BCUT2D eigenvalue weighted by Crippen LogP contribution is -2.58. The van der Waals surface area contributed by atoms with Crippen LogP contribution >= 0.6 is 0 Å². The van der Waals surface area contributed by atoms with Gasteiger partial charge in [-0.3, -0.25) is 9.80 Å². The molecule has 2 heterocycles. The molecular formula is C27H35F3N2O2. The van der Waals surface area contributed by atoms with Crippen LogP contribution in [0.5, 0.6) is 11.5 Å². The Balaban J connectivity index is 1.61. The summed E-state index contributed by atoms with van der Waals surface area (Å²) in [6, 6.07) is 11.3. The molecule has 0 aromatic heterocycles. The predicted molar refractivity (Wildman–Crippen MR) is 128 cm³/mol. The molecule has 1 saturated heterocycles. The Morgan fingerprint density at radius 3 is 2.47 bits per heavy atom. The maximum atomic E-state index is 15.1. The molecule has 2 aliphatic rings. The Morgan fingerprint density at radius 1 is 1.15 bits per heavy atom. The highest BCUT2D eigenvalue weighted by Gasteiger charge is 2.52. The number of hydrogen-bond acceptors (Lipinski definition) is 4. The number of phenols is 1. The lowest BCUT2D eigenvalue weighted by atomic mass is 9.75. The number of benzene rings is 2. The van der Waals surface area contributed by atoms with E-state index in [2.05, 4.69) is 11.8 Å². The third-order valence-electron chi connectivity index (χ3n) is 7.11. The van der Waals surface area contributed by atoms with E-state index in [0.717, 1.165) is 25.6 Å². The normalized spacial score (nSPS) is 22.0. The van der Waals surface area contributed by atoms with Gasteiger partial charge in [0, 0.05) is 32.7 Å². The van der Waals surface area contributed by atoms with Gasteiger partial charge in [-0.05, 0) is 67.1 Å². The van der Waals surface area contributed by atoms with Crippen molar-refractivity contribution in [2.45, 2.75) is 51.2 Å². The van der Waals surface area contributed by atoms with E-state index < -0.39 is 17.6 Å². The zero-order valence-electron chi connectivity index (χ0n) is 20.2. The zero-order valence-corrected chi connectivity index (χ0v) is 20.2. The Morgan fingerprint density at radius 2 is 1.85 bits per heavy atom. The Bertz CT molecular complexity index is 971. The summed E-state index contributed by atoms with van der Waals surface area (Å²) in [6.07, 6.45) is -1.14. The molecule has 7 heteroatoms. The summed E-state index contributed by atoms with van der Waals surface area (Å²) in [5, 5.41) is 9.95. The lowest BCUT2D eigenvalue weighted by molar-refractivity contribution is -0.0581. The monoisotopic (exact) mass is 476 g/mol. The number of fused-ring (bicyclic) bond motifs is 1. The number of hydrogen-bond donors (Lipinski definition) is 1. The van der Waals surface area contributed by atoms with Crippen LogP contribution in [0.1, 0.15) is 43.9 Å². The van der Waals surface area contributed by atoms with Crippen molar-refractivity contribution in [3.63, 3.8) is 0 Å². The first-order chi connectivity index (χ1) is 16.1. The first kappa shape index (κ1) is 24.9. The number of nitrogens with zero attached hydrogens (tertiary/aromatic N) is 2. The second-order valence-electron chi connectivity index (χ2n) is 10.2. The third-order valence-corrected chi connectivity index (χ3v) is 7.11. The number of rotatable bonds is 9. The summed E-state index contributed by atoms with van der Waals surface area (Å²) in [6.45, 7) is 8.74. The van der Waals surface area contributed by atoms with Crippen LogP contribution in [0, 0.1) is 5.92 Å². The molecule has 1 fully saturated rings. The fourth-order valence-electron chi connectivity index (χ4n) is 5.35. The van der Waals surface area contributed by atoms with Gasteiger partial charge in [0.25, 0.3) is 6.43 Å². The molecule has 34 heavy (non-hydrogen) atoms. The van der Waals surface area contributed by atoms with Crippen molar-refractivity contribution in [1.29, 1.82) is 0 Å². The summed E-state index contributed by atoms with van der Waals surface area (Å²) < 4.78 is 50.8. The molecule has 0 unspecified atom stereocenters. The Labute approximate surface area is 200 Å². The van der Waals surface area contributed by atoms with Crippen LogP contribution in [0.25, 0.3) is 0 Å². The Hall–Kier alpha value is -2.25. The molecule has 4 nitrogen and oxygen atoms in total. The first-order valence-corrected chi connectivity index (χ1v) is 12.1. The van der Waals surface area contributed by atoms with Crippen molar-refractivity contribution >= 4 is 0 Å². The van der Waals surface area contributed by atoms with Crippen LogP contribution in [0.4, 0.5) is 13.2 Å². The summed E-state index contributed by atoms with van der Waals surface area (Å²) in [7, 11) is 0. The summed E-state index contributed by atoms with van der Waals surface area (Å²) in [5.74, 6) is 1.44. The second kappa shape index (κ2) is 9.78. The number of likely N-dealkylation sites (tertiary alicyclic amines) is 1. The van der Waals surface area contributed by atoms with Crippen LogP contribution in [-0.2, 0) is 12.0 Å². The summed E-state index contributed by atoms with van der Waals surface area (Å²) in [4.78, 5) is 3.90. The first-order valence-electron chi connectivity index (χ1n) is 12.1. The number of phenolic OH excluding ortho intramolecular Hbond substituents is 1. The van der Waals surface area contributed by atoms with Gasteiger partial charge in [0.2, 0.25) is 0 Å². The van der Waals surface area contributed by atoms with Gasteiger partial charge in [0.05, 0.1) is 0 Å². The molecule has 2 aromatic rings. The van der Waals surface area contributed by atoms with Crippen molar-refractivity contribution in [2.75, 3.05) is 39.3 Å². The molecule has 0 bridgehead atoms. The molecule has 1 atom stereocenters. The van der Waals surface area contributed by atoms with Crippen LogP contribution in [-0.4, -0.2) is 66.3 Å². The van der Waals surface area contributed by atoms with E-state index in [0.29, 0.717) is 35.5 Å². The molecule has 0 spiro atoms. The van der Waals surface area contributed by atoms with Gasteiger partial charge in [0.1, 0.15) is 29.3 Å². The molecule has 2 aliphatic heterocycles. The molecule has 0 amide bonds. The van der Waals surface area contributed by atoms with E-state index in [1.54, 1.807) is 41.3 Å². The maximum Gasteiger partial charge on any atom is 0.265 e. The maximum absolute atomic E-state index is 15.1. The predicted octanol–water partition coefficient (Wildman–Crippen LogP) is 5.23. The van der Waals surface area contributed by atoms with Gasteiger partial charge in [0.15, 0.2) is 0 Å². The minimum Gasteiger partial charge on any atom is -0.508 e. The van der Waals surface area contributed by atoms with Crippen LogP contribution in [0.3, 0.4) is 0 Å². The van der Waals surface area contributed by atoms with Crippen molar-refractivity contribution in [2.24, 2.45) is 5.92 Å². The molecule has 4 rings (SSSR count). The topological polar surface area (TPSA) is 35.9 Å². The van der Waals surface area contributed by atoms with Gasteiger partial charge in [-0.2, -0.15) is 0 Å². The Kier molecular flexibility index (Phi) is 7.15. The zero-order chi connectivity index (χ0) is 24.5. The number of ether oxygens (including phenoxy) is 1. The number of alkyl halides is 3. The van der Waals surface area contributed by atoms with Gasteiger partial charge in [-0.1, -0.05) is 31.5 Å². The van der Waals surface area contributed by atoms with Crippen molar-refractivity contribution < 1.29 is 23.0 Å². The minimum atomic E-state index is -2.80. The molecule has 186 valence electrons. The smallest absolute Gasteiger partial charge is 0.265 e. The second-order valence-corrected chi connectivity index (χ2v) is 10.2. The summed E-state index contributed by atoms with van der Waals surface area (Å²) >= 11 is 0. The van der Waals surface area contributed by atoms with E-state index in [1.165, 1.54) is 26.3 Å². The van der Waals surface area contributed by atoms with Crippen molar-refractivity contribution in [3.8, 4) is 11.5 Å². The number of aromatic hydroxyl groups is 1. The number of halogens is 3. The quantitative estimate of drug-likeness (QED) is 0.538. The summed E-state index contributed by atoms with van der Waals surface area (Å²) in [5.41, 5.74) is -2.00. The van der Waals surface area contributed by atoms with E-state index >= 15 is 8.78 Å². The van der Waals surface area contributed by atoms with E-state index in [9.17, 15) is 9.50 Å². The highest BCUT2D eigenvalue weighted by Crippen LogP contribution is 2.47. The van der Waals surface area contributed by atoms with E-state index in [1.807, 2.05) is 0 Å². The van der Waals surface area contributed by atoms with Crippen LogP contribution < -0.4 is 4.74 Å². The van der Waals surface area contributed by atoms with Gasteiger partial charge < -0.3 is 9.84 Å². The van der Waals surface area contributed by atoms with Crippen molar-refractivity contribution in [1.82, 2.24) is 9.80 Å². The van der Waals surface area contributed by atoms with Gasteiger partial charge in [-0.15, -0.1) is 0 Å². The van der Waals surface area contributed by atoms with Crippen LogP contribution in [0.2, 0.25) is 0 Å². The standard InChI is InChI=1S/C27H35F3N2O2/c1-4-19-16-31(17-19)13-14-34-23-8-5-21(6-9-23)27(25(28)29)24-10-7-22(33)15-20(24)11-12-32(27)18-26(2,3)30/h5-10,15,19,25,33H,4,11-14,16-18H2,1-3H3/t27-/m0/s1. The molecule has 1 N–H and O–H groups in total. The van der Waals surface area contributed by atoms with Gasteiger partial charge in [-0.25, -0.2) is 13.2 Å². The lowest BCUT2D eigenvalue weighted by Gasteiger charge is -2.49. The molecular weight excluding hydrogens is 441 g/mol. The van der Waals surface area contributed by atoms with E-state index in [-0.39, 0.29) is 18.8 Å². The average molecular weight is 477 g/mol. The minimum absolute atomic E-state index is 0.0393. The average Bonchev–Trinajstić information content (AvgIpc) is 2.74. The molecule has 0 radical (unpaired) electrons. The molecule has 2 aromatic carbocycles. The van der Waals surface area contributed by atoms with Crippen molar-refractivity contribution in [3.05, 3.63) is 59.2 Å². The largest absolute Gasteiger partial charge is 0.508 e. The van der Waals surface area contributed by atoms with E-state index in [4.69, 9.17) is 4.74 Å². The van der Waals surface area contributed by atoms with Gasteiger partial charge >= 0.3 is 0 Å². The molecule has 0 aliphatic carbocycles. The fraction of sp³-hybridized carbons (Fsp3) is 0.556. The molecule has 0 saturated carbocycles. The SMILES string of the molecule is CCC1CN(CCOc2ccc([C@@]3(C(F)F)c4ccc(O)cc4CCN3CC(C)(C)F)cc2)C1. The van der Waals surface area contributed by atoms with Crippen LogP contribution in [0.15, 0.2) is 42.5 Å². The third kappa shape index (κ3) is 4.91. The fourth-order valence-corrected chi connectivity index (χ4v) is 5.35.